The number of Topliss-reactive ketones (excluding diaryl/α,β-unsaturated/α-hetero) is 1. The zero-order valence-corrected chi connectivity index (χ0v) is 18.8. The van der Waals surface area contributed by atoms with Gasteiger partial charge in [0.25, 0.3) is 0 Å². The maximum Gasteiger partial charge on any atom is 0.416 e. The Morgan fingerprint density at radius 2 is 1.69 bits per heavy atom. The Labute approximate surface area is 202 Å². The molecule has 0 N–H and O–H groups in total. The van der Waals surface area contributed by atoms with Gasteiger partial charge in [0, 0.05) is 6.20 Å². The zero-order valence-electron chi connectivity index (χ0n) is 18.0. The van der Waals surface area contributed by atoms with Crippen molar-refractivity contribution in [1.29, 1.82) is 0 Å². The predicted molar refractivity (Wildman–Crippen MR) is 123 cm³/mol. The van der Waals surface area contributed by atoms with Crippen LogP contribution in [0.4, 0.5) is 18.9 Å². The third-order valence-electron chi connectivity index (χ3n) is 6.93. The second kappa shape index (κ2) is 7.64. The molecule has 176 valence electrons. The molecule has 9 heteroatoms. The monoisotopic (exact) mass is 494 g/mol. The van der Waals surface area contributed by atoms with E-state index in [9.17, 15) is 27.6 Å². The molecular formula is C26H17F3N2O3S. The van der Waals surface area contributed by atoms with Crippen molar-refractivity contribution in [3.8, 4) is 0 Å². The normalized spacial score (nSPS) is 25.0. The lowest BCUT2D eigenvalue weighted by Gasteiger charge is -2.35. The van der Waals surface area contributed by atoms with Crippen molar-refractivity contribution in [2.45, 2.75) is 18.3 Å². The Morgan fingerprint density at radius 3 is 2.43 bits per heavy atom. The molecule has 2 saturated heterocycles. The summed E-state index contributed by atoms with van der Waals surface area (Å²) in [5.41, 5.74) is 0.581. The lowest BCUT2D eigenvalue weighted by molar-refractivity contribution is -0.137. The van der Waals surface area contributed by atoms with Crippen LogP contribution in [-0.4, -0.2) is 28.5 Å². The van der Waals surface area contributed by atoms with E-state index in [2.05, 4.69) is 0 Å². The maximum absolute atomic E-state index is 13.7. The molecule has 5 nitrogen and oxygen atoms in total. The smallest absolute Gasteiger partial charge is 0.358 e. The fourth-order valence-corrected chi connectivity index (χ4v) is 6.20. The second-order valence-corrected chi connectivity index (χ2v) is 9.68. The van der Waals surface area contributed by atoms with E-state index in [1.54, 1.807) is 28.6 Å². The molecule has 1 aromatic heterocycles. The Balaban J connectivity index is 1.49. The maximum atomic E-state index is 13.7. The van der Waals surface area contributed by atoms with Gasteiger partial charge in [-0.2, -0.15) is 13.2 Å². The van der Waals surface area contributed by atoms with E-state index < -0.39 is 47.5 Å². The molecule has 0 aliphatic carbocycles. The Hall–Kier alpha value is -3.72. The van der Waals surface area contributed by atoms with Gasteiger partial charge in [-0.15, -0.1) is 11.3 Å². The molecule has 2 fully saturated rings. The molecule has 4 heterocycles. The third-order valence-corrected chi connectivity index (χ3v) is 7.81. The van der Waals surface area contributed by atoms with Gasteiger partial charge in [-0.25, -0.2) is 4.90 Å². The molecule has 0 saturated carbocycles. The summed E-state index contributed by atoms with van der Waals surface area (Å²) in [6.45, 7) is 0. The number of hydrogen-bond donors (Lipinski definition) is 0. The first-order chi connectivity index (χ1) is 16.8. The van der Waals surface area contributed by atoms with Crippen molar-refractivity contribution in [2.24, 2.45) is 11.8 Å². The number of imide groups is 1. The first-order valence-corrected chi connectivity index (χ1v) is 11.8. The van der Waals surface area contributed by atoms with Crippen LogP contribution < -0.4 is 4.90 Å². The highest BCUT2D eigenvalue weighted by molar-refractivity contribution is 7.12. The van der Waals surface area contributed by atoms with Gasteiger partial charge in [-0.3, -0.25) is 14.4 Å². The topological polar surface area (TPSA) is 57.7 Å². The number of anilines is 1. The standard InChI is InChI=1S/C26H17F3N2O3S/c27-26(28,29)15-6-3-7-16(13-15)31-24(33)19-20(25(31)34)22(23(32)18-9-4-12-35-18)30-11-10-14-5-1-2-8-17(14)21(19)30/h1-13,19-22H/t19-,20-,21-,22+/m1/s1. The van der Waals surface area contributed by atoms with Crippen LogP contribution in [0.1, 0.15) is 32.4 Å². The minimum Gasteiger partial charge on any atom is -0.358 e. The average molecular weight is 494 g/mol. The average Bonchev–Trinajstić information content (AvgIpc) is 3.55. The molecule has 2 aromatic carbocycles. The summed E-state index contributed by atoms with van der Waals surface area (Å²) in [5, 5.41) is 1.76. The molecule has 6 rings (SSSR count). The van der Waals surface area contributed by atoms with Crippen LogP contribution >= 0.6 is 11.3 Å². The number of ketones is 1. The van der Waals surface area contributed by atoms with Gasteiger partial charge < -0.3 is 4.90 Å². The first-order valence-electron chi connectivity index (χ1n) is 10.9. The molecular weight excluding hydrogens is 477 g/mol. The highest BCUT2D eigenvalue weighted by Gasteiger charge is 2.64. The van der Waals surface area contributed by atoms with Crippen molar-refractivity contribution < 1.29 is 27.6 Å². The number of rotatable bonds is 3. The number of carbonyl (C=O) groups is 3. The van der Waals surface area contributed by atoms with E-state index in [4.69, 9.17) is 0 Å². The molecule has 35 heavy (non-hydrogen) atoms. The van der Waals surface area contributed by atoms with E-state index in [1.807, 2.05) is 30.3 Å². The fourth-order valence-electron chi connectivity index (χ4n) is 5.50. The number of nitrogens with zero attached hydrogens (tertiary/aromatic N) is 2. The summed E-state index contributed by atoms with van der Waals surface area (Å²) in [4.78, 5) is 44.1. The highest BCUT2D eigenvalue weighted by atomic mass is 32.1. The predicted octanol–water partition coefficient (Wildman–Crippen LogP) is 5.17. The molecule has 0 unspecified atom stereocenters. The molecule has 3 aromatic rings. The summed E-state index contributed by atoms with van der Waals surface area (Å²) < 4.78 is 40.0. The molecule has 3 aliphatic heterocycles. The van der Waals surface area contributed by atoms with Gasteiger partial charge in [0.1, 0.15) is 6.04 Å². The lowest BCUT2D eigenvalue weighted by atomic mass is 9.84. The van der Waals surface area contributed by atoms with Gasteiger partial charge >= 0.3 is 6.18 Å². The third kappa shape index (κ3) is 3.18. The SMILES string of the molecule is O=C(c1cccs1)[C@@H]1[C@@H]2C(=O)N(c3cccc(C(F)(F)F)c3)C(=O)[C@H]2[C@H]2c3ccccc3C=CN12. The summed E-state index contributed by atoms with van der Waals surface area (Å²) in [6.07, 6.45) is -1.03. The first kappa shape index (κ1) is 21.8. The van der Waals surface area contributed by atoms with Gasteiger partial charge in [-0.05, 0) is 46.8 Å². The minimum absolute atomic E-state index is 0.141. The Kier molecular flexibility index (Phi) is 4.76. The van der Waals surface area contributed by atoms with Crippen LogP contribution in [0.2, 0.25) is 0 Å². The summed E-state index contributed by atoms with van der Waals surface area (Å²) >= 11 is 1.25. The summed E-state index contributed by atoms with van der Waals surface area (Å²) in [6, 6.07) is 13.5. The number of thiophene rings is 1. The largest absolute Gasteiger partial charge is 0.416 e. The number of amides is 2. The van der Waals surface area contributed by atoms with E-state index in [1.165, 1.54) is 23.5 Å². The number of hydrogen-bond acceptors (Lipinski definition) is 5. The van der Waals surface area contributed by atoms with Crippen LogP contribution in [0.25, 0.3) is 6.08 Å². The highest BCUT2D eigenvalue weighted by Crippen LogP contribution is 2.54. The van der Waals surface area contributed by atoms with Crippen LogP contribution in [0.3, 0.4) is 0 Å². The van der Waals surface area contributed by atoms with Crippen LogP contribution in [0.5, 0.6) is 0 Å². The van der Waals surface area contributed by atoms with E-state index >= 15 is 0 Å². The van der Waals surface area contributed by atoms with Gasteiger partial charge in [-0.1, -0.05) is 36.4 Å². The van der Waals surface area contributed by atoms with Crippen LogP contribution in [0, 0.1) is 11.8 Å². The number of alkyl halides is 3. The zero-order chi connectivity index (χ0) is 24.5. The van der Waals surface area contributed by atoms with Crippen molar-refractivity contribution >= 4 is 40.7 Å². The molecule has 4 atom stereocenters. The van der Waals surface area contributed by atoms with E-state index in [0.717, 1.165) is 28.2 Å². The fraction of sp³-hybridized carbons (Fsp3) is 0.192. The molecule has 0 radical (unpaired) electrons. The Morgan fingerprint density at radius 1 is 0.914 bits per heavy atom. The minimum atomic E-state index is -4.63. The molecule has 3 aliphatic rings. The van der Waals surface area contributed by atoms with Gasteiger partial charge in [0.05, 0.1) is 34.0 Å². The summed E-state index contributed by atoms with van der Waals surface area (Å²) in [7, 11) is 0. The summed E-state index contributed by atoms with van der Waals surface area (Å²) in [5.74, 6) is -3.46. The van der Waals surface area contributed by atoms with Crippen molar-refractivity contribution in [3.05, 3.63) is 93.8 Å². The number of carbonyl (C=O) groups excluding carboxylic acids is 3. The van der Waals surface area contributed by atoms with Crippen molar-refractivity contribution in [1.82, 2.24) is 4.90 Å². The molecule has 2 amide bonds. The molecule has 0 spiro atoms. The molecule has 0 bridgehead atoms. The van der Waals surface area contributed by atoms with Crippen molar-refractivity contribution in [2.75, 3.05) is 4.90 Å². The van der Waals surface area contributed by atoms with Gasteiger partial charge in [0.15, 0.2) is 5.78 Å². The number of benzene rings is 2. The lowest BCUT2D eigenvalue weighted by Crippen LogP contribution is -2.44. The van der Waals surface area contributed by atoms with Crippen molar-refractivity contribution in [3.63, 3.8) is 0 Å². The van der Waals surface area contributed by atoms with E-state index in [0.29, 0.717) is 4.88 Å². The van der Waals surface area contributed by atoms with E-state index in [-0.39, 0.29) is 11.5 Å². The number of halogens is 3. The van der Waals surface area contributed by atoms with Crippen LogP contribution in [0.15, 0.2) is 72.2 Å². The second-order valence-electron chi connectivity index (χ2n) is 8.73. The quantitative estimate of drug-likeness (QED) is 0.373. The van der Waals surface area contributed by atoms with Gasteiger partial charge in [0.2, 0.25) is 11.8 Å². The number of fused-ring (bicyclic) bond motifs is 5. The van der Waals surface area contributed by atoms with Crippen LogP contribution in [-0.2, 0) is 15.8 Å². The Bertz CT molecular complexity index is 1400.